The fourth-order valence-corrected chi connectivity index (χ4v) is 3.60. The highest BCUT2D eigenvalue weighted by atomic mass is 32.2. The largest absolute Gasteiger partial charge is 0.286 e. The molecule has 2 aromatic heterocycles. The number of halogens is 1. The van der Waals surface area contributed by atoms with Crippen LogP contribution in [0.1, 0.15) is 38.4 Å². The topological polar surface area (TPSA) is 71.6 Å². The summed E-state index contributed by atoms with van der Waals surface area (Å²) in [6.45, 7) is 6.18. The van der Waals surface area contributed by atoms with Crippen LogP contribution in [0.4, 0.5) is 4.39 Å². The van der Waals surface area contributed by atoms with E-state index >= 15 is 0 Å². The maximum atomic E-state index is 14.4. The normalized spacial score (nSPS) is 14.1. The second kappa shape index (κ2) is 6.02. The van der Waals surface area contributed by atoms with Gasteiger partial charge in [-0.25, -0.2) is 9.37 Å². The summed E-state index contributed by atoms with van der Waals surface area (Å²) in [5.74, 6) is 0.407. The number of hydrogen-bond acceptors (Lipinski definition) is 5. The van der Waals surface area contributed by atoms with Crippen molar-refractivity contribution in [3.63, 3.8) is 0 Å². The maximum Gasteiger partial charge on any atom is 0.272 e. The van der Waals surface area contributed by atoms with Crippen molar-refractivity contribution in [3.05, 3.63) is 39.7 Å². The Morgan fingerprint density at radius 1 is 1.42 bits per heavy atom. The fourth-order valence-electron chi connectivity index (χ4n) is 2.66. The van der Waals surface area contributed by atoms with E-state index in [4.69, 9.17) is 0 Å². The molecule has 0 saturated carbocycles. The van der Waals surface area contributed by atoms with Gasteiger partial charge in [0.15, 0.2) is 5.16 Å². The first-order valence-electron chi connectivity index (χ1n) is 7.67. The molecule has 0 N–H and O–H groups in total. The molecule has 0 amide bonds. The molecule has 0 aliphatic carbocycles. The standard InChI is InChI=1S/C17H17FN4OS/c1-17(2,3)14-12(18)7-10(9-20-14)13-11(8-19)15(23)22-5-4-6-24-16(22)21-13/h7,9H,4-6H2,1-3H3. The van der Waals surface area contributed by atoms with Crippen LogP contribution in [0, 0.1) is 17.1 Å². The van der Waals surface area contributed by atoms with Gasteiger partial charge in [-0.05, 0) is 12.5 Å². The highest BCUT2D eigenvalue weighted by molar-refractivity contribution is 7.99. The average molecular weight is 344 g/mol. The lowest BCUT2D eigenvalue weighted by Crippen LogP contribution is -2.29. The minimum absolute atomic E-state index is 0.0639. The summed E-state index contributed by atoms with van der Waals surface area (Å²) in [6, 6.07) is 3.23. The van der Waals surface area contributed by atoms with Gasteiger partial charge in [-0.15, -0.1) is 0 Å². The number of rotatable bonds is 1. The molecule has 3 heterocycles. The SMILES string of the molecule is CC(C)(C)c1ncc(-c2nc3n(c(=O)c2C#N)CCCS3)cc1F. The summed E-state index contributed by atoms with van der Waals surface area (Å²) in [4.78, 5) is 21.2. The molecule has 124 valence electrons. The lowest BCUT2D eigenvalue weighted by Gasteiger charge is -2.20. The van der Waals surface area contributed by atoms with Crippen molar-refractivity contribution in [2.24, 2.45) is 0 Å². The number of fused-ring (bicyclic) bond motifs is 1. The van der Waals surface area contributed by atoms with E-state index in [0.29, 0.717) is 23.0 Å². The number of hydrogen-bond donors (Lipinski definition) is 0. The van der Waals surface area contributed by atoms with Crippen molar-refractivity contribution in [3.8, 4) is 17.3 Å². The lowest BCUT2D eigenvalue weighted by molar-refractivity contribution is 0.503. The van der Waals surface area contributed by atoms with Gasteiger partial charge < -0.3 is 0 Å². The van der Waals surface area contributed by atoms with Crippen molar-refractivity contribution in [1.29, 1.82) is 5.26 Å². The molecule has 0 aromatic carbocycles. The smallest absolute Gasteiger partial charge is 0.272 e. The average Bonchev–Trinajstić information content (AvgIpc) is 2.53. The zero-order chi connectivity index (χ0) is 17.5. The van der Waals surface area contributed by atoms with Gasteiger partial charge in [0.1, 0.15) is 17.4 Å². The van der Waals surface area contributed by atoms with Gasteiger partial charge in [0.2, 0.25) is 0 Å². The highest BCUT2D eigenvalue weighted by Gasteiger charge is 2.24. The summed E-state index contributed by atoms with van der Waals surface area (Å²) in [5, 5.41) is 9.96. The molecule has 3 rings (SSSR count). The second-order valence-corrected chi connectivity index (χ2v) is 7.76. The van der Waals surface area contributed by atoms with Crippen molar-refractivity contribution in [2.75, 3.05) is 5.75 Å². The van der Waals surface area contributed by atoms with Crippen molar-refractivity contribution in [2.45, 2.75) is 44.3 Å². The van der Waals surface area contributed by atoms with E-state index in [-0.39, 0.29) is 16.8 Å². The molecule has 7 heteroatoms. The van der Waals surface area contributed by atoms with E-state index in [0.717, 1.165) is 12.2 Å². The molecule has 5 nitrogen and oxygen atoms in total. The Kier molecular flexibility index (Phi) is 4.18. The van der Waals surface area contributed by atoms with Gasteiger partial charge in [-0.3, -0.25) is 14.3 Å². The van der Waals surface area contributed by atoms with E-state index < -0.39 is 11.2 Å². The Morgan fingerprint density at radius 2 is 2.17 bits per heavy atom. The Morgan fingerprint density at radius 3 is 2.79 bits per heavy atom. The molecule has 0 atom stereocenters. The van der Waals surface area contributed by atoms with Crippen molar-refractivity contribution in [1.82, 2.24) is 14.5 Å². The van der Waals surface area contributed by atoms with Crippen LogP contribution >= 0.6 is 11.8 Å². The molecular weight excluding hydrogens is 327 g/mol. The number of nitrogens with zero attached hydrogens (tertiary/aromatic N) is 4. The van der Waals surface area contributed by atoms with Crippen LogP contribution in [-0.2, 0) is 12.0 Å². The van der Waals surface area contributed by atoms with Gasteiger partial charge in [0.05, 0.1) is 11.4 Å². The predicted molar refractivity (Wildman–Crippen MR) is 90.4 cm³/mol. The molecule has 24 heavy (non-hydrogen) atoms. The van der Waals surface area contributed by atoms with E-state index in [1.54, 1.807) is 0 Å². The number of aromatic nitrogens is 3. The number of pyridine rings is 1. The zero-order valence-electron chi connectivity index (χ0n) is 13.8. The lowest BCUT2D eigenvalue weighted by atomic mass is 9.90. The number of nitriles is 1. The van der Waals surface area contributed by atoms with Crippen LogP contribution in [-0.4, -0.2) is 20.3 Å². The minimum atomic E-state index is -0.462. The molecule has 2 aromatic rings. The van der Waals surface area contributed by atoms with Gasteiger partial charge in [-0.2, -0.15) is 5.26 Å². The third kappa shape index (κ3) is 2.82. The maximum absolute atomic E-state index is 14.4. The Bertz CT molecular complexity index is 909. The zero-order valence-corrected chi connectivity index (χ0v) is 14.6. The van der Waals surface area contributed by atoms with E-state index in [9.17, 15) is 14.4 Å². The molecule has 0 unspecified atom stereocenters. The first kappa shape index (κ1) is 16.7. The van der Waals surface area contributed by atoms with Gasteiger partial charge in [0, 0.05) is 29.5 Å². The molecule has 1 aliphatic heterocycles. The highest BCUT2D eigenvalue weighted by Crippen LogP contribution is 2.29. The van der Waals surface area contributed by atoms with Crippen LogP contribution in [0.3, 0.4) is 0 Å². The summed E-state index contributed by atoms with van der Waals surface area (Å²) in [5.41, 5.74) is 0.0304. The van der Waals surface area contributed by atoms with Crippen LogP contribution in [0.2, 0.25) is 0 Å². The molecular formula is C17H17FN4OS. The van der Waals surface area contributed by atoms with Gasteiger partial charge in [0.25, 0.3) is 5.56 Å². The summed E-state index contributed by atoms with van der Waals surface area (Å²) in [6.07, 6.45) is 2.34. The van der Waals surface area contributed by atoms with Crippen molar-refractivity contribution >= 4 is 11.8 Å². The quantitative estimate of drug-likeness (QED) is 0.743. The minimum Gasteiger partial charge on any atom is -0.286 e. The Labute approximate surface area is 143 Å². The third-order valence-corrected chi connectivity index (χ3v) is 4.89. The molecule has 0 spiro atoms. The van der Waals surface area contributed by atoms with E-state index in [1.165, 1.54) is 28.6 Å². The van der Waals surface area contributed by atoms with Crippen LogP contribution in [0.5, 0.6) is 0 Å². The second-order valence-electron chi connectivity index (χ2n) is 6.69. The summed E-state index contributed by atoms with van der Waals surface area (Å²) >= 11 is 1.47. The van der Waals surface area contributed by atoms with E-state index in [1.807, 2.05) is 26.8 Å². The predicted octanol–water partition coefficient (Wildman–Crippen LogP) is 3.11. The van der Waals surface area contributed by atoms with E-state index in [2.05, 4.69) is 9.97 Å². The number of thioether (sulfide) groups is 1. The Hall–Kier alpha value is -2.20. The van der Waals surface area contributed by atoms with Crippen molar-refractivity contribution < 1.29 is 4.39 Å². The Balaban J connectivity index is 2.20. The van der Waals surface area contributed by atoms with Crippen LogP contribution in [0.15, 0.2) is 22.2 Å². The third-order valence-electron chi connectivity index (χ3n) is 3.83. The molecule has 1 aliphatic rings. The first-order valence-corrected chi connectivity index (χ1v) is 8.65. The first-order chi connectivity index (χ1) is 11.3. The van der Waals surface area contributed by atoms with Crippen LogP contribution < -0.4 is 5.56 Å². The monoisotopic (exact) mass is 344 g/mol. The molecule has 0 fully saturated rings. The molecule has 0 bridgehead atoms. The fraction of sp³-hybridized carbons (Fsp3) is 0.412. The summed E-state index contributed by atoms with van der Waals surface area (Å²) in [7, 11) is 0. The van der Waals surface area contributed by atoms with Gasteiger partial charge in [-0.1, -0.05) is 32.5 Å². The van der Waals surface area contributed by atoms with Gasteiger partial charge >= 0.3 is 0 Å². The summed E-state index contributed by atoms with van der Waals surface area (Å²) < 4.78 is 16.0. The van der Waals surface area contributed by atoms with Crippen LogP contribution in [0.25, 0.3) is 11.3 Å². The molecule has 0 radical (unpaired) electrons. The molecule has 0 saturated heterocycles.